The molecule has 1 unspecified atom stereocenters. The molecule has 0 fully saturated rings. The van der Waals surface area contributed by atoms with Crippen molar-refractivity contribution in [3.63, 3.8) is 0 Å². The SMILES string of the molecule is CCOc1cc(C(F)(F)F)nn1-c1ccc(Cn2c(=N)n(C(F)C(F)F)c3cnc(Cl)nc32)cc1. The zero-order chi connectivity index (χ0) is 25.5. The maximum Gasteiger partial charge on any atom is 0.435 e. The van der Waals surface area contributed by atoms with Crippen LogP contribution in [0.1, 0.15) is 24.5 Å². The van der Waals surface area contributed by atoms with E-state index in [4.69, 9.17) is 21.7 Å². The third-order valence-electron chi connectivity index (χ3n) is 4.96. The van der Waals surface area contributed by atoms with Gasteiger partial charge < -0.3 is 4.74 Å². The summed E-state index contributed by atoms with van der Waals surface area (Å²) in [5.41, 5.74) is -1.14. The minimum Gasteiger partial charge on any atom is -0.478 e. The zero-order valence-electron chi connectivity index (χ0n) is 17.8. The van der Waals surface area contributed by atoms with E-state index in [0.29, 0.717) is 10.1 Å². The van der Waals surface area contributed by atoms with Gasteiger partial charge in [-0.2, -0.15) is 23.3 Å². The minimum atomic E-state index is -4.66. The second-order valence-corrected chi connectivity index (χ2v) is 7.55. The summed E-state index contributed by atoms with van der Waals surface area (Å²) >= 11 is 5.81. The van der Waals surface area contributed by atoms with Crippen LogP contribution in [-0.2, 0) is 12.7 Å². The van der Waals surface area contributed by atoms with Crippen LogP contribution < -0.4 is 10.4 Å². The third kappa shape index (κ3) is 4.70. The van der Waals surface area contributed by atoms with E-state index in [1.165, 1.54) is 24.3 Å². The summed E-state index contributed by atoms with van der Waals surface area (Å²) in [6, 6.07) is 6.77. The van der Waals surface area contributed by atoms with E-state index in [2.05, 4.69) is 15.1 Å². The van der Waals surface area contributed by atoms with E-state index in [-0.39, 0.29) is 41.2 Å². The van der Waals surface area contributed by atoms with Crippen molar-refractivity contribution in [1.82, 2.24) is 28.9 Å². The van der Waals surface area contributed by atoms with E-state index in [9.17, 15) is 26.3 Å². The number of halogens is 7. The van der Waals surface area contributed by atoms with E-state index >= 15 is 0 Å². The molecule has 0 radical (unpaired) electrons. The van der Waals surface area contributed by atoms with Crippen LogP contribution in [0, 0.1) is 5.41 Å². The van der Waals surface area contributed by atoms with Crippen molar-refractivity contribution in [2.45, 2.75) is 32.4 Å². The lowest BCUT2D eigenvalue weighted by molar-refractivity contribution is -0.141. The third-order valence-corrected chi connectivity index (χ3v) is 5.14. The first-order chi connectivity index (χ1) is 16.5. The number of nitrogens with one attached hydrogen (secondary N) is 1. The molecule has 1 N–H and O–H groups in total. The van der Waals surface area contributed by atoms with Gasteiger partial charge in [-0.1, -0.05) is 12.1 Å². The summed E-state index contributed by atoms with van der Waals surface area (Å²) in [6.07, 6.45) is -9.82. The first kappa shape index (κ1) is 24.6. The Labute approximate surface area is 197 Å². The van der Waals surface area contributed by atoms with Crippen molar-refractivity contribution in [2.75, 3.05) is 6.61 Å². The van der Waals surface area contributed by atoms with Gasteiger partial charge in [-0.3, -0.25) is 14.5 Å². The van der Waals surface area contributed by atoms with Gasteiger partial charge in [0, 0.05) is 6.07 Å². The molecule has 0 aliphatic heterocycles. The van der Waals surface area contributed by atoms with E-state index in [0.717, 1.165) is 21.5 Å². The summed E-state index contributed by atoms with van der Waals surface area (Å²) in [5, 5.41) is 11.6. The number of nitrogens with zero attached hydrogens (tertiary/aromatic N) is 6. The smallest absolute Gasteiger partial charge is 0.435 e. The molecule has 8 nitrogen and oxygen atoms in total. The van der Waals surface area contributed by atoms with Crippen LogP contribution >= 0.6 is 11.6 Å². The second-order valence-electron chi connectivity index (χ2n) is 7.21. The maximum absolute atomic E-state index is 14.2. The van der Waals surface area contributed by atoms with Gasteiger partial charge in [0.15, 0.2) is 11.3 Å². The highest BCUT2D eigenvalue weighted by Gasteiger charge is 2.35. The standard InChI is InChI=1S/C20H16ClF6N7O/c1-2-35-14-7-13(20(25,26)27)31-34(14)11-5-3-10(4-6-11)9-32-17-12(8-29-18(21)30-17)33(19(32)28)16(24)15(22)23/h3-8,15-16,28H,2,9H2,1H3. The van der Waals surface area contributed by atoms with Crippen LogP contribution in [0.4, 0.5) is 26.3 Å². The largest absolute Gasteiger partial charge is 0.478 e. The first-order valence-corrected chi connectivity index (χ1v) is 10.4. The van der Waals surface area contributed by atoms with Gasteiger partial charge in [-0.05, 0) is 36.2 Å². The number of rotatable bonds is 7. The van der Waals surface area contributed by atoms with Gasteiger partial charge in [0.05, 0.1) is 25.0 Å². The van der Waals surface area contributed by atoms with Crippen LogP contribution in [0.5, 0.6) is 5.88 Å². The van der Waals surface area contributed by atoms with E-state index < -0.39 is 30.2 Å². The van der Waals surface area contributed by atoms with Crippen LogP contribution in [0.3, 0.4) is 0 Å². The van der Waals surface area contributed by atoms with Gasteiger partial charge in [-0.25, -0.2) is 22.8 Å². The number of fused-ring (bicyclic) bond motifs is 1. The number of alkyl halides is 6. The summed E-state index contributed by atoms with van der Waals surface area (Å²) in [5.74, 6) is -0.106. The Kier molecular flexibility index (Phi) is 6.49. The lowest BCUT2D eigenvalue weighted by Crippen LogP contribution is -2.29. The van der Waals surface area contributed by atoms with Crippen molar-refractivity contribution < 1.29 is 31.1 Å². The molecule has 0 bridgehead atoms. The molecule has 1 aromatic carbocycles. The van der Waals surface area contributed by atoms with Crippen LogP contribution in [-0.4, -0.2) is 41.9 Å². The Morgan fingerprint density at radius 3 is 2.43 bits per heavy atom. The number of hydrogen-bond donors (Lipinski definition) is 1. The highest BCUT2D eigenvalue weighted by Crippen LogP contribution is 2.32. The van der Waals surface area contributed by atoms with Gasteiger partial charge >= 0.3 is 6.18 Å². The van der Waals surface area contributed by atoms with Crippen molar-refractivity contribution in [3.8, 4) is 11.6 Å². The molecule has 186 valence electrons. The summed E-state index contributed by atoms with van der Waals surface area (Å²) in [4.78, 5) is 7.63. The normalized spacial score (nSPS) is 13.1. The topological polar surface area (TPSA) is 86.5 Å². The summed E-state index contributed by atoms with van der Waals surface area (Å²) in [7, 11) is 0. The zero-order valence-corrected chi connectivity index (χ0v) is 18.5. The van der Waals surface area contributed by atoms with Crippen molar-refractivity contribution in [2.24, 2.45) is 0 Å². The van der Waals surface area contributed by atoms with Gasteiger partial charge in [-0.15, -0.1) is 0 Å². The Morgan fingerprint density at radius 2 is 1.83 bits per heavy atom. The molecule has 0 saturated heterocycles. The van der Waals surface area contributed by atoms with Crippen LogP contribution in [0.2, 0.25) is 5.28 Å². The highest BCUT2D eigenvalue weighted by atomic mass is 35.5. The first-order valence-electron chi connectivity index (χ1n) is 10.0. The predicted octanol–water partition coefficient (Wildman–Crippen LogP) is 4.75. The molecule has 3 aromatic heterocycles. The molecule has 0 amide bonds. The fourth-order valence-electron chi connectivity index (χ4n) is 3.43. The molecule has 1 atom stereocenters. The fraction of sp³-hybridized carbons (Fsp3) is 0.300. The van der Waals surface area contributed by atoms with Crippen molar-refractivity contribution in [3.05, 3.63) is 58.7 Å². The molecule has 0 aliphatic rings. The molecule has 35 heavy (non-hydrogen) atoms. The molecule has 4 aromatic rings. The summed E-state index contributed by atoms with van der Waals surface area (Å²) in [6.45, 7) is 1.63. The number of benzene rings is 1. The molecule has 15 heteroatoms. The van der Waals surface area contributed by atoms with E-state index in [1.54, 1.807) is 6.92 Å². The Hall–Kier alpha value is -3.55. The van der Waals surface area contributed by atoms with Crippen LogP contribution in [0.15, 0.2) is 36.5 Å². The summed E-state index contributed by atoms with van der Waals surface area (Å²) < 4.78 is 87.5. The molecule has 0 aliphatic carbocycles. The quantitative estimate of drug-likeness (QED) is 0.282. The predicted molar refractivity (Wildman–Crippen MR) is 111 cm³/mol. The number of imidazole rings is 1. The monoisotopic (exact) mass is 519 g/mol. The number of ether oxygens (including phenoxy) is 1. The molecule has 3 heterocycles. The minimum absolute atomic E-state index is 0.0390. The average molecular weight is 520 g/mol. The Morgan fingerprint density at radius 1 is 1.14 bits per heavy atom. The number of hydrogen-bond acceptors (Lipinski definition) is 5. The Balaban J connectivity index is 1.72. The lowest BCUT2D eigenvalue weighted by Gasteiger charge is -2.10. The second kappa shape index (κ2) is 9.24. The van der Waals surface area contributed by atoms with E-state index in [1.807, 2.05) is 0 Å². The van der Waals surface area contributed by atoms with Gasteiger partial charge in [0.1, 0.15) is 5.52 Å². The Bertz CT molecular complexity index is 1410. The molecule has 0 saturated carbocycles. The fourth-order valence-corrected chi connectivity index (χ4v) is 3.56. The van der Waals surface area contributed by atoms with Crippen LogP contribution in [0.25, 0.3) is 16.9 Å². The molecule has 4 rings (SSSR count). The lowest BCUT2D eigenvalue weighted by atomic mass is 10.2. The van der Waals surface area contributed by atoms with Gasteiger partial charge in [0.25, 0.3) is 6.43 Å². The van der Waals surface area contributed by atoms with Gasteiger partial charge in [0.2, 0.25) is 23.1 Å². The number of aromatic nitrogens is 6. The average Bonchev–Trinajstić information content (AvgIpc) is 3.34. The van der Waals surface area contributed by atoms with Crippen molar-refractivity contribution >= 4 is 22.8 Å². The highest BCUT2D eigenvalue weighted by molar-refractivity contribution is 6.28. The molecular formula is C20H16ClF6N7O. The van der Waals surface area contributed by atoms with Crippen molar-refractivity contribution in [1.29, 1.82) is 5.41 Å². The molecule has 0 spiro atoms. The molecular weight excluding hydrogens is 504 g/mol. The maximum atomic E-state index is 14.2.